The fourth-order valence-corrected chi connectivity index (χ4v) is 5.74. The zero-order valence-corrected chi connectivity index (χ0v) is 19.6. The molecule has 2 amide bonds. The molecule has 5 rings (SSSR count). The maximum absolute atomic E-state index is 13.4. The van der Waals surface area contributed by atoms with E-state index in [4.69, 9.17) is 4.74 Å². The summed E-state index contributed by atoms with van der Waals surface area (Å²) in [4.78, 5) is 39.7. The van der Waals surface area contributed by atoms with Gasteiger partial charge in [-0.25, -0.2) is 9.59 Å². The van der Waals surface area contributed by atoms with Crippen LogP contribution in [0, 0.1) is 17.8 Å². The number of hydrogen-bond acceptors (Lipinski definition) is 4. The summed E-state index contributed by atoms with van der Waals surface area (Å²) in [5.41, 5.74) is 3.32. The van der Waals surface area contributed by atoms with E-state index in [1.54, 1.807) is 6.92 Å². The lowest BCUT2D eigenvalue weighted by Crippen LogP contribution is -2.57. The minimum atomic E-state index is -1.14. The second-order valence-corrected chi connectivity index (χ2v) is 9.42. The number of nitrogens with one attached hydrogen (secondary N) is 1. The highest BCUT2D eigenvalue weighted by molar-refractivity contribution is 5.94. The van der Waals surface area contributed by atoms with E-state index in [0.717, 1.165) is 35.1 Å². The van der Waals surface area contributed by atoms with Crippen LogP contribution in [0.25, 0.3) is 11.1 Å². The van der Waals surface area contributed by atoms with Gasteiger partial charge < -0.3 is 20.1 Å². The van der Waals surface area contributed by atoms with E-state index in [9.17, 15) is 19.5 Å². The minimum absolute atomic E-state index is 0.0231. The second kappa shape index (κ2) is 9.10. The summed E-state index contributed by atoms with van der Waals surface area (Å²) in [6, 6.07) is 15.2. The van der Waals surface area contributed by atoms with Gasteiger partial charge in [0, 0.05) is 18.9 Å². The van der Waals surface area contributed by atoms with Crippen LogP contribution in [0.15, 0.2) is 48.5 Å². The van der Waals surface area contributed by atoms with Crippen LogP contribution in [0.3, 0.4) is 0 Å². The third kappa shape index (κ3) is 3.93. The number of carbonyl (C=O) groups is 3. The molecule has 3 unspecified atom stereocenters. The molecule has 0 aromatic heterocycles. The number of carbonyl (C=O) groups excluding carboxylic acids is 2. The van der Waals surface area contributed by atoms with Gasteiger partial charge in [-0.3, -0.25) is 4.79 Å². The predicted molar refractivity (Wildman–Crippen MR) is 129 cm³/mol. The van der Waals surface area contributed by atoms with Gasteiger partial charge in [0.2, 0.25) is 5.91 Å². The van der Waals surface area contributed by atoms with Crippen LogP contribution < -0.4 is 5.32 Å². The Labute approximate surface area is 204 Å². The lowest BCUT2D eigenvalue weighted by Gasteiger charge is -2.35. The van der Waals surface area contributed by atoms with Crippen molar-refractivity contribution in [3.05, 3.63) is 59.7 Å². The summed E-state index contributed by atoms with van der Waals surface area (Å²) in [6.45, 7) is 2.15. The highest BCUT2D eigenvalue weighted by Crippen LogP contribution is 2.54. The van der Waals surface area contributed by atoms with Crippen molar-refractivity contribution in [2.24, 2.45) is 5.92 Å². The summed E-state index contributed by atoms with van der Waals surface area (Å²) < 4.78 is 5.61. The Hall–Kier alpha value is -3.79. The van der Waals surface area contributed by atoms with E-state index in [1.807, 2.05) is 36.4 Å². The van der Waals surface area contributed by atoms with Crippen LogP contribution in [0.1, 0.15) is 49.7 Å². The number of likely N-dealkylation sites (tertiary alicyclic amines) is 1. The highest BCUT2D eigenvalue weighted by atomic mass is 16.5. The molecule has 2 fully saturated rings. The molecule has 1 heterocycles. The summed E-state index contributed by atoms with van der Waals surface area (Å²) in [5.74, 6) is 4.10. The minimum Gasteiger partial charge on any atom is -0.479 e. The summed E-state index contributed by atoms with van der Waals surface area (Å²) in [6.07, 6.45) is 1.40. The van der Waals surface area contributed by atoms with Gasteiger partial charge in [0.15, 0.2) is 0 Å². The number of fused-ring (bicyclic) bond motifs is 4. The molecule has 35 heavy (non-hydrogen) atoms. The number of alkyl carbamates (subject to hydrolysis) is 1. The summed E-state index contributed by atoms with van der Waals surface area (Å²) >= 11 is 0. The highest BCUT2D eigenvalue weighted by Gasteiger charge is 2.67. The van der Waals surface area contributed by atoms with Crippen molar-refractivity contribution in [2.45, 2.75) is 50.1 Å². The zero-order chi connectivity index (χ0) is 24.6. The molecule has 7 heteroatoms. The third-order valence-corrected chi connectivity index (χ3v) is 7.54. The van der Waals surface area contributed by atoms with E-state index < -0.39 is 29.6 Å². The fourth-order valence-electron chi connectivity index (χ4n) is 5.74. The van der Waals surface area contributed by atoms with Crippen LogP contribution >= 0.6 is 0 Å². The molecule has 0 spiro atoms. The Balaban J connectivity index is 1.29. The van der Waals surface area contributed by atoms with E-state index in [-0.39, 0.29) is 24.9 Å². The van der Waals surface area contributed by atoms with E-state index in [1.165, 1.54) is 4.90 Å². The monoisotopic (exact) mass is 472 g/mol. The van der Waals surface area contributed by atoms with Crippen molar-refractivity contribution < 1.29 is 24.2 Å². The number of rotatable bonds is 6. The van der Waals surface area contributed by atoms with E-state index in [2.05, 4.69) is 29.3 Å². The van der Waals surface area contributed by atoms with Gasteiger partial charge in [0.1, 0.15) is 18.2 Å². The number of piperidine rings is 1. The van der Waals surface area contributed by atoms with Crippen molar-refractivity contribution >= 4 is 18.0 Å². The second-order valence-electron chi connectivity index (χ2n) is 9.42. The molecule has 0 bridgehead atoms. The number of nitrogens with zero attached hydrogens (tertiary/aromatic N) is 1. The fraction of sp³-hybridized carbons (Fsp3) is 0.393. The SMILES string of the molecule is CC#CCC(NC(=O)OCC1c2ccccc2-c2ccccc21)C(=O)N1CCCC2CC21C(=O)O. The van der Waals surface area contributed by atoms with Gasteiger partial charge in [0.05, 0.1) is 0 Å². The summed E-state index contributed by atoms with van der Waals surface area (Å²) in [7, 11) is 0. The van der Waals surface area contributed by atoms with Crippen molar-refractivity contribution in [1.29, 1.82) is 0 Å². The number of carboxylic acids is 1. The van der Waals surface area contributed by atoms with Crippen LogP contribution in [0.4, 0.5) is 4.79 Å². The van der Waals surface area contributed by atoms with Gasteiger partial charge in [-0.1, -0.05) is 48.5 Å². The molecular formula is C28H28N2O5. The first-order valence-electron chi connectivity index (χ1n) is 12.0. The molecule has 2 aliphatic carbocycles. The van der Waals surface area contributed by atoms with Gasteiger partial charge in [0.25, 0.3) is 0 Å². The Morgan fingerprint density at radius 2 is 1.80 bits per heavy atom. The first kappa shape index (κ1) is 23.0. The number of benzene rings is 2. The first-order valence-corrected chi connectivity index (χ1v) is 12.0. The lowest BCUT2D eigenvalue weighted by molar-refractivity contribution is -0.155. The van der Waals surface area contributed by atoms with Gasteiger partial charge >= 0.3 is 12.1 Å². The number of aliphatic carboxylic acids is 1. The normalized spacial score (nSPS) is 22.5. The molecule has 180 valence electrons. The van der Waals surface area contributed by atoms with Crippen molar-refractivity contribution in [3.63, 3.8) is 0 Å². The van der Waals surface area contributed by atoms with Crippen LogP contribution in [-0.4, -0.2) is 52.7 Å². The zero-order valence-electron chi connectivity index (χ0n) is 19.6. The van der Waals surface area contributed by atoms with Crippen LogP contribution in [0.5, 0.6) is 0 Å². The summed E-state index contributed by atoms with van der Waals surface area (Å²) in [5, 5.41) is 12.5. The molecule has 3 aliphatic rings. The van der Waals surface area contributed by atoms with Gasteiger partial charge in [-0.05, 0) is 54.4 Å². The van der Waals surface area contributed by atoms with Crippen LogP contribution in [-0.2, 0) is 14.3 Å². The molecule has 7 nitrogen and oxygen atoms in total. The number of carboxylic acid groups (broad SMARTS) is 1. The Morgan fingerprint density at radius 1 is 1.14 bits per heavy atom. The molecule has 1 aliphatic heterocycles. The lowest BCUT2D eigenvalue weighted by atomic mass is 9.98. The molecule has 2 aromatic rings. The van der Waals surface area contributed by atoms with E-state index in [0.29, 0.717) is 13.0 Å². The van der Waals surface area contributed by atoms with Crippen molar-refractivity contribution in [1.82, 2.24) is 10.2 Å². The average Bonchev–Trinajstić information content (AvgIpc) is 3.56. The third-order valence-electron chi connectivity index (χ3n) is 7.54. The van der Waals surface area contributed by atoms with Gasteiger partial charge in [-0.15, -0.1) is 11.8 Å². The molecule has 3 atom stereocenters. The van der Waals surface area contributed by atoms with Crippen molar-refractivity contribution in [3.8, 4) is 23.0 Å². The topological polar surface area (TPSA) is 95.9 Å². The number of hydrogen-bond donors (Lipinski definition) is 2. The van der Waals surface area contributed by atoms with E-state index >= 15 is 0 Å². The average molecular weight is 473 g/mol. The molecule has 1 saturated heterocycles. The Morgan fingerprint density at radius 3 is 2.43 bits per heavy atom. The molecule has 2 N–H and O–H groups in total. The maximum Gasteiger partial charge on any atom is 0.407 e. The van der Waals surface area contributed by atoms with Crippen LogP contribution in [0.2, 0.25) is 0 Å². The predicted octanol–water partition coefficient (Wildman–Crippen LogP) is 3.77. The number of ether oxygens (including phenoxy) is 1. The Bertz CT molecular complexity index is 1200. The molecule has 2 aromatic carbocycles. The molecule has 0 radical (unpaired) electrons. The smallest absolute Gasteiger partial charge is 0.407 e. The standard InChI is InChI=1S/C28H28N2O5/c1-2-3-14-24(25(31)30-15-8-9-18-16-28(18,30)26(32)33)29-27(34)35-17-23-21-12-6-4-10-19(21)20-11-5-7-13-22(20)23/h4-7,10-13,18,23-24H,8-9,14-17H2,1H3,(H,29,34)(H,32,33). The first-order chi connectivity index (χ1) is 17.0. The maximum atomic E-state index is 13.4. The van der Waals surface area contributed by atoms with Gasteiger partial charge in [-0.2, -0.15) is 0 Å². The Kier molecular flexibility index (Phi) is 5.98. The number of amides is 2. The molecular weight excluding hydrogens is 444 g/mol. The van der Waals surface area contributed by atoms with Crippen molar-refractivity contribution in [2.75, 3.05) is 13.2 Å². The molecule has 1 saturated carbocycles. The largest absolute Gasteiger partial charge is 0.479 e. The quantitative estimate of drug-likeness (QED) is 0.624.